The average Bonchev–Trinajstić information content (AvgIpc) is 2.00. The van der Waals surface area contributed by atoms with Crippen LogP contribution in [0.15, 0.2) is 4.99 Å². The van der Waals surface area contributed by atoms with E-state index in [0.717, 1.165) is 25.6 Å². The molecule has 1 rings (SSSR count). The van der Waals surface area contributed by atoms with E-state index in [-0.39, 0.29) is 0 Å². The summed E-state index contributed by atoms with van der Waals surface area (Å²) in [7, 11) is 0. The van der Waals surface area contributed by atoms with Gasteiger partial charge >= 0.3 is 0 Å². The summed E-state index contributed by atoms with van der Waals surface area (Å²) in [5.41, 5.74) is 0. The van der Waals surface area contributed by atoms with Crippen LogP contribution in [0, 0.1) is 5.92 Å². The van der Waals surface area contributed by atoms with Crippen molar-refractivity contribution in [3.63, 3.8) is 0 Å². The molecule has 0 spiro atoms. The van der Waals surface area contributed by atoms with Gasteiger partial charge < -0.3 is 5.32 Å². The molecule has 0 amide bonds. The highest BCUT2D eigenvalue weighted by molar-refractivity contribution is 5.61. The van der Waals surface area contributed by atoms with Gasteiger partial charge in [0.15, 0.2) is 0 Å². The molecular formula is C10H20N2. The molecule has 0 aromatic rings. The fraction of sp³-hybridized carbons (Fsp3) is 0.900. The van der Waals surface area contributed by atoms with E-state index in [0.29, 0.717) is 0 Å². The van der Waals surface area contributed by atoms with Crippen LogP contribution in [0.4, 0.5) is 0 Å². The van der Waals surface area contributed by atoms with Gasteiger partial charge in [0, 0.05) is 12.8 Å². The molecule has 70 valence electrons. The van der Waals surface area contributed by atoms with Crippen LogP contribution in [0.2, 0.25) is 0 Å². The van der Waals surface area contributed by atoms with Gasteiger partial charge in [-0.05, 0) is 38.3 Å². The Balaban J connectivity index is 1.83. The van der Waals surface area contributed by atoms with Gasteiger partial charge in [-0.3, -0.25) is 4.99 Å². The second-order valence-corrected chi connectivity index (χ2v) is 3.45. The van der Waals surface area contributed by atoms with Gasteiger partial charge in [-0.1, -0.05) is 13.3 Å². The zero-order valence-electron chi connectivity index (χ0n) is 8.05. The Hall–Kier alpha value is -0.370. The fourth-order valence-corrected chi connectivity index (χ4v) is 1.28. The minimum absolute atomic E-state index is 0.823. The van der Waals surface area contributed by atoms with Crippen molar-refractivity contribution in [2.75, 3.05) is 19.6 Å². The molecule has 1 saturated carbocycles. The molecule has 0 atom stereocenters. The first-order chi connectivity index (χ1) is 5.93. The summed E-state index contributed by atoms with van der Waals surface area (Å²) in [4.78, 5) is 4.40. The number of nitrogens with one attached hydrogen (secondary N) is 1. The first kappa shape index (κ1) is 9.72. The molecule has 0 saturated heterocycles. The highest BCUT2D eigenvalue weighted by Crippen LogP contribution is 2.23. The number of nitrogens with zero attached hydrogens (tertiary/aromatic N) is 1. The second-order valence-electron chi connectivity index (χ2n) is 3.45. The predicted molar refractivity (Wildman–Crippen MR) is 53.9 cm³/mol. The normalized spacial score (nSPS) is 18.4. The maximum Gasteiger partial charge on any atom is 0.0397 e. The van der Waals surface area contributed by atoms with Crippen molar-refractivity contribution in [1.82, 2.24) is 5.32 Å². The molecule has 1 aliphatic rings. The molecule has 1 aliphatic carbocycles. The van der Waals surface area contributed by atoms with E-state index in [1.165, 1.54) is 25.7 Å². The molecule has 1 fully saturated rings. The standard InChI is InChI=1S/C10H20N2/c1-2-11-7-4-8-12-9-10-5-3-6-10/h9-11H,2-8H2,1H3. The van der Waals surface area contributed by atoms with Gasteiger partial charge in [0.25, 0.3) is 0 Å². The highest BCUT2D eigenvalue weighted by Gasteiger charge is 2.13. The zero-order chi connectivity index (χ0) is 8.65. The van der Waals surface area contributed by atoms with Gasteiger partial charge in [0.05, 0.1) is 0 Å². The highest BCUT2D eigenvalue weighted by atomic mass is 14.8. The van der Waals surface area contributed by atoms with Crippen molar-refractivity contribution in [2.24, 2.45) is 10.9 Å². The summed E-state index contributed by atoms with van der Waals surface area (Å²) < 4.78 is 0. The minimum atomic E-state index is 0.823. The van der Waals surface area contributed by atoms with Crippen LogP contribution in [-0.2, 0) is 0 Å². The molecule has 0 aliphatic heterocycles. The third kappa shape index (κ3) is 3.86. The third-order valence-electron chi connectivity index (χ3n) is 2.36. The fourth-order valence-electron chi connectivity index (χ4n) is 1.28. The van der Waals surface area contributed by atoms with Crippen LogP contribution in [0.5, 0.6) is 0 Å². The van der Waals surface area contributed by atoms with Gasteiger partial charge in [0.2, 0.25) is 0 Å². The minimum Gasteiger partial charge on any atom is -0.317 e. The van der Waals surface area contributed by atoms with Gasteiger partial charge in [-0.15, -0.1) is 0 Å². The van der Waals surface area contributed by atoms with E-state index < -0.39 is 0 Å². The van der Waals surface area contributed by atoms with Crippen molar-refractivity contribution < 1.29 is 0 Å². The lowest BCUT2D eigenvalue weighted by Crippen LogP contribution is -2.15. The lowest BCUT2D eigenvalue weighted by atomic mass is 9.87. The van der Waals surface area contributed by atoms with E-state index in [9.17, 15) is 0 Å². The van der Waals surface area contributed by atoms with Gasteiger partial charge in [-0.2, -0.15) is 0 Å². The van der Waals surface area contributed by atoms with E-state index in [2.05, 4.69) is 23.4 Å². The molecule has 0 radical (unpaired) electrons. The van der Waals surface area contributed by atoms with Gasteiger partial charge in [-0.25, -0.2) is 0 Å². The molecule has 2 heteroatoms. The van der Waals surface area contributed by atoms with Crippen LogP contribution in [0.25, 0.3) is 0 Å². The largest absolute Gasteiger partial charge is 0.317 e. The molecule has 0 aromatic heterocycles. The second kappa shape index (κ2) is 6.18. The molecule has 0 bridgehead atoms. The van der Waals surface area contributed by atoms with Crippen LogP contribution >= 0.6 is 0 Å². The van der Waals surface area contributed by atoms with E-state index in [1.807, 2.05) is 0 Å². The Labute approximate surface area is 75.5 Å². The average molecular weight is 168 g/mol. The summed E-state index contributed by atoms with van der Waals surface area (Å²) in [5, 5.41) is 3.29. The summed E-state index contributed by atoms with van der Waals surface area (Å²) in [6, 6.07) is 0. The molecule has 12 heavy (non-hydrogen) atoms. The summed E-state index contributed by atoms with van der Waals surface area (Å²) in [5.74, 6) is 0.823. The molecule has 2 nitrogen and oxygen atoms in total. The Morgan fingerprint density at radius 3 is 2.92 bits per heavy atom. The Kier molecular flexibility index (Phi) is 5.00. The van der Waals surface area contributed by atoms with Crippen LogP contribution in [0.1, 0.15) is 32.6 Å². The Morgan fingerprint density at radius 1 is 1.50 bits per heavy atom. The smallest absolute Gasteiger partial charge is 0.0397 e. The van der Waals surface area contributed by atoms with E-state index >= 15 is 0 Å². The maximum absolute atomic E-state index is 4.40. The molecule has 1 N–H and O–H groups in total. The number of hydrogen-bond acceptors (Lipinski definition) is 2. The molecule has 0 heterocycles. The maximum atomic E-state index is 4.40. The number of aliphatic imine (C=N–C) groups is 1. The van der Waals surface area contributed by atoms with Crippen molar-refractivity contribution in [1.29, 1.82) is 0 Å². The first-order valence-electron chi connectivity index (χ1n) is 5.14. The lowest BCUT2D eigenvalue weighted by Gasteiger charge is -2.20. The number of hydrogen-bond donors (Lipinski definition) is 1. The van der Waals surface area contributed by atoms with Crippen molar-refractivity contribution in [3.05, 3.63) is 0 Å². The van der Waals surface area contributed by atoms with Crippen molar-refractivity contribution in [2.45, 2.75) is 32.6 Å². The molecule has 0 aromatic carbocycles. The summed E-state index contributed by atoms with van der Waals surface area (Å²) in [6.45, 7) is 5.33. The van der Waals surface area contributed by atoms with Crippen molar-refractivity contribution >= 4 is 6.21 Å². The third-order valence-corrected chi connectivity index (χ3v) is 2.36. The van der Waals surface area contributed by atoms with Crippen LogP contribution in [0.3, 0.4) is 0 Å². The molecular weight excluding hydrogens is 148 g/mol. The van der Waals surface area contributed by atoms with E-state index in [4.69, 9.17) is 0 Å². The zero-order valence-corrected chi connectivity index (χ0v) is 8.05. The quantitative estimate of drug-likeness (QED) is 0.475. The topological polar surface area (TPSA) is 24.4 Å². The predicted octanol–water partition coefficient (Wildman–Crippen LogP) is 1.86. The van der Waals surface area contributed by atoms with Crippen LogP contribution in [-0.4, -0.2) is 25.8 Å². The first-order valence-corrected chi connectivity index (χ1v) is 5.14. The SMILES string of the molecule is CCNCCCN=CC1CCC1. The number of rotatable bonds is 6. The van der Waals surface area contributed by atoms with Crippen LogP contribution < -0.4 is 5.32 Å². The van der Waals surface area contributed by atoms with Gasteiger partial charge in [0.1, 0.15) is 0 Å². The van der Waals surface area contributed by atoms with E-state index in [1.54, 1.807) is 0 Å². The summed E-state index contributed by atoms with van der Waals surface area (Å²) >= 11 is 0. The Morgan fingerprint density at radius 2 is 2.33 bits per heavy atom. The lowest BCUT2D eigenvalue weighted by molar-refractivity contribution is 0.420. The van der Waals surface area contributed by atoms with Crippen molar-refractivity contribution in [3.8, 4) is 0 Å². The summed E-state index contributed by atoms with van der Waals surface area (Å²) in [6.07, 6.45) is 7.49. The molecule has 0 unspecified atom stereocenters. The Bertz CT molecular complexity index is 128. The monoisotopic (exact) mass is 168 g/mol.